The first-order chi connectivity index (χ1) is 9.91. The number of methoxy groups -OCH3 is 1. The van der Waals surface area contributed by atoms with E-state index >= 15 is 0 Å². The fourth-order valence-electron chi connectivity index (χ4n) is 2.83. The number of amides is 1. The molecule has 0 N–H and O–H groups in total. The Morgan fingerprint density at radius 3 is 2.24 bits per heavy atom. The van der Waals surface area contributed by atoms with Crippen molar-refractivity contribution < 1.29 is 9.53 Å². The zero-order valence-corrected chi connectivity index (χ0v) is 13.7. The summed E-state index contributed by atoms with van der Waals surface area (Å²) in [6, 6.07) is 8.07. The lowest BCUT2D eigenvalue weighted by Gasteiger charge is -2.31. The minimum absolute atomic E-state index is 0.125. The van der Waals surface area contributed by atoms with E-state index in [1.54, 1.807) is 7.11 Å². The Morgan fingerprint density at radius 1 is 1.19 bits per heavy atom. The van der Waals surface area contributed by atoms with Gasteiger partial charge >= 0.3 is 0 Å². The molecule has 0 spiro atoms. The summed E-state index contributed by atoms with van der Waals surface area (Å²) in [6.45, 7) is 9.04. The van der Waals surface area contributed by atoms with Crippen LogP contribution in [0.1, 0.15) is 49.5 Å². The molecule has 1 aromatic carbocycles. The van der Waals surface area contributed by atoms with Crippen molar-refractivity contribution >= 4 is 5.91 Å². The molecular formula is C18H27NO2. The lowest BCUT2D eigenvalue weighted by Crippen LogP contribution is -2.39. The van der Waals surface area contributed by atoms with Crippen molar-refractivity contribution in [2.24, 2.45) is 5.92 Å². The van der Waals surface area contributed by atoms with Crippen molar-refractivity contribution in [3.63, 3.8) is 0 Å². The molecule has 0 atom stereocenters. The Kier molecular flexibility index (Phi) is 5.04. The fraction of sp³-hybridized carbons (Fsp3) is 0.611. The molecule has 0 radical (unpaired) electrons. The predicted octanol–water partition coefficient (Wildman–Crippen LogP) is 3.48. The number of ether oxygens (including phenoxy) is 1. The van der Waals surface area contributed by atoms with Crippen LogP contribution in [-0.2, 0) is 10.2 Å². The van der Waals surface area contributed by atoms with E-state index in [0.29, 0.717) is 5.92 Å². The second kappa shape index (κ2) is 6.61. The normalized spacial score (nSPS) is 17.0. The molecule has 1 aliphatic rings. The topological polar surface area (TPSA) is 29.5 Å². The van der Waals surface area contributed by atoms with Crippen molar-refractivity contribution in [1.29, 1.82) is 0 Å². The third-order valence-electron chi connectivity index (χ3n) is 4.30. The van der Waals surface area contributed by atoms with E-state index < -0.39 is 0 Å². The first-order valence-corrected chi connectivity index (χ1v) is 7.80. The zero-order valence-electron chi connectivity index (χ0n) is 13.7. The second-order valence-corrected chi connectivity index (χ2v) is 7.02. The molecule has 1 aliphatic heterocycles. The van der Waals surface area contributed by atoms with Crippen molar-refractivity contribution in [3.05, 3.63) is 35.4 Å². The second-order valence-electron chi connectivity index (χ2n) is 7.02. The molecule has 0 aliphatic carbocycles. The van der Waals surface area contributed by atoms with Gasteiger partial charge in [-0.2, -0.15) is 0 Å². The first-order valence-electron chi connectivity index (χ1n) is 7.80. The number of hydrogen-bond donors (Lipinski definition) is 0. The Morgan fingerprint density at radius 2 is 1.76 bits per heavy atom. The van der Waals surface area contributed by atoms with E-state index in [9.17, 15) is 4.79 Å². The Hall–Kier alpha value is -1.35. The highest BCUT2D eigenvalue weighted by atomic mass is 16.5. The first kappa shape index (κ1) is 16.0. The fourth-order valence-corrected chi connectivity index (χ4v) is 2.83. The van der Waals surface area contributed by atoms with Crippen LogP contribution in [0, 0.1) is 5.92 Å². The molecule has 0 saturated carbocycles. The number of likely N-dealkylation sites (tertiary alicyclic amines) is 1. The van der Waals surface area contributed by atoms with Gasteiger partial charge in [0.05, 0.1) is 0 Å². The predicted molar refractivity (Wildman–Crippen MR) is 85.6 cm³/mol. The molecule has 1 heterocycles. The van der Waals surface area contributed by atoms with Gasteiger partial charge in [0, 0.05) is 32.4 Å². The summed E-state index contributed by atoms with van der Waals surface area (Å²) in [5.74, 6) is 0.758. The van der Waals surface area contributed by atoms with Gasteiger partial charge in [0.25, 0.3) is 5.91 Å². The number of benzene rings is 1. The van der Waals surface area contributed by atoms with Crippen LogP contribution in [0.15, 0.2) is 24.3 Å². The maximum absolute atomic E-state index is 12.5. The van der Waals surface area contributed by atoms with E-state index in [1.165, 1.54) is 5.56 Å². The number of nitrogens with zero attached hydrogens (tertiary/aromatic N) is 1. The number of rotatable bonds is 3. The van der Waals surface area contributed by atoms with Crippen LogP contribution in [0.25, 0.3) is 0 Å². The lowest BCUT2D eigenvalue weighted by molar-refractivity contribution is 0.0613. The van der Waals surface area contributed by atoms with E-state index in [1.807, 2.05) is 17.0 Å². The maximum Gasteiger partial charge on any atom is 0.253 e. The summed E-state index contributed by atoms with van der Waals surface area (Å²) in [6.07, 6.45) is 2.08. The summed E-state index contributed by atoms with van der Waals surface area (Å²) in [5.41, 5.74) is 2.19. The molecule has 0 bridgehead atoms. The average molecular weight is 289 g/mol. The highest BCUT2D eigenvalue weighted by Gasteiger charge is 2.23. The monoisotopic (exact) mass is 289 g/mol. The highest BCUT2D eigenvalue weighted by Crippen LogP contribution is 2.23. The standard InChI is InChI=1S/C18H27NO2/c1-18(2,3)16-7-5-15(6-8-16)17(20)19-11-9-14(10-12-19)13-21-4/h5-8,14H,9-13H2,1-4H3. The van der Waals surface area contributed by atoms with Crippen LogP contribution in [0.2, 0.25) is 0 Å². The summed E-state index contributed by atoms with van der Waals surface area (Å²) in [5, 5.41) is 0. The Balaban J connectivity index is 1.98. The van der Waals surface area contributed by atoms with Crippen LogP contribution in [0.4, 0.5) is 0 Å². The molecule has 1 fully saturated rings. The third kappa shape index (κ3) is 4.07. The minimum atomic E-state index is 0.125. The van der Waals surface area contributed by atoms with Gasteiger partial charge in [0.15, 0.2) is 0 Å². The summed E-state index contributed by atoms with van der Waals surface area (Å²) >= 11 is 0. The van der Waals surface area contributed by atoms with Crippen molar-refractivity contribution in [3.8, 4) is 0 Å². The van der Waals surface area contributed by atoms with Crippen molar-refractivity contribution in [2.45, 2.75) is 39.0 Å². The Labute approximate surface area is 128 Å². The van der Waals surface area contributed by atoms with Crippen LogP contribution < -0.4 is 0 Å². The maximum atomic E-state index is 12.5. The molecule has 0 unspecified atom stereocenters. The van der Waals surface area contributed by atoms with Gasteiger partial charge in [0.1, 0.15) is 0 Å². The van der Waals surface area contributed by atoms with E-state index in [2.05, 4.69) is 32.9 Å². The lowest BCUT2D eigenvalue weighted by atomic mass is 9.86. The number of carbonyl (C=O) groups is 1. The van der Waals surface area contributed by atoms with Gasteiger partial charge in [-0.1, -0.05) is 32.9 Å². The van der Waals surface area contributed by atoms with Crippen LogP contribution >= 0.6 is 0 Å². The molecule has 0 aromatic heterocycles. The largest absolute Gasteiger partial charge is 0.384 e. The van der Waals surface area contributed by atoms with Crippen LogP contribution in [0.3, 0.4) is 0 Å². The van der Waals surface area contributed by atoms with Gasteiger partial charge in [-0.05, 0) is 41.9 Å². The molecule has 1 amide bonds. The average Bonchev–Trinajstić information content (AvgIpc) is 2.47. The van der Waals surface area contributed by atoms with Crippen molar-refractivity contribution in [2.75, 3.05) is 26.8 Å². The molecule has 2 rings (SSSR count). The minimum Gasteiger partial charge on any atom is -0.384 e. The smallest absolute Gasteiger partial charge is 0.253 e. The van der Waals surface area contributed by atoms with Gasteiger partial charge in [-0.25, -0.2) is 0 Å². The van der Waals surface area contributed by atoms with Gasteiger partial charge in [-0.15, -0.1) is 0 Å². The quantitative estimate of drug-likeness (QED) is 0.852. The number of carbonyl (C=O) groups excluding carboxylic acids is 1. The Bertz CT molecular complexity index is 465. The van der Waals surface area contributed by atoms with Crippen LogP contribution in [0.5, 0.6) is 0 Å². The zero-order chi connectivity index (χ0) is 15.5. The van der Waals surface area contributed by atoms with E-state index in [-0.39, 0.29) is 11.3 Å². The molecule has 3 nitrogen and oxygen atoms in total. The van der Waals surface area contributed by atoms with Gasteiger partial charge in [-0.3, -0.25) is 4.79 Å². The third-order valence-corrected chi connectivity index (χ3v) is 4.30. The van der Waals surface area contributed by atoms with Crippen molar-refractivity contribution in [1.82, 2.24) is 4.90 Å². The SMILES string of the molecule is COCC1CCN(C(=O)c2ccc(C(C)(C)C)cc2)CC1. The highest BCUT2D eigenvalue weighted by molar-refractivity contribution is 5.94. The molecule has 21 heavy (non-hydrogen) atoms. The summed E-state index contributed by atoms with van der Waals surface area (Å²) < 4.78 is 5.20. The van der Waals surface area contributed by atoms with Gasteiger partial charge < -0.3 is 9.64 Å². The number of piperidine rings is 1. The van der Waals surface area contributed by atoms with Gasteiger partial charge in [0.2, 0.25) is 0 Å². The summed E-state index contributed by atoms with van der Waals surface area (Å²) in [7, 11) is 1.74. The number of hydrogen-bond acceptors (Lipinski definition) is 2. The molecular weight excluding hydrogens is 262 g/mol. The molecule has 116 valence electrons. The van der Waals surface area contributed by atoms with E-state index in [0.717, 1.165) is 38.1 Å². The molecule has 1 aromatic rings. The van der Waals surface area contributed by atoms with Crippen LogP contribution in [-0.4, -0.2) is 37.6 Å². The summed E-state index contributed by atoms with van der Waals surface area (Å²) in [4.78, 5) is 14.5. The molecule has 1 saturated heterocycles. The molecule has 3 heteroatoms. The van der Waals surface area contributed by atoms with E-state index in [4.69, 9.17) is 4.74 Å².